The molecule has 0 saturated carbocycles. The Kier molecular flexibility index (Phi) is 1.57. The summed E-state index contributed by atoms with van der Waals surface area (Å²) < 4.78 is 0. The van der Waals surface area contributed by atoms with Gasteiger partial charge in [-0.3, -0.25) is 0 Å². The lowest BCUT2D eigenvalue weighted by atomic mass is 9.80. The third-order valence-corrected chi connectivity index (χ3v) is 2.28. The number of allylic oxidation sites excluding steroid dienone is 1. The zero-order valence-electron chi connectivity index (χ0n) is 7.59. The molecule has 0 N–H and O–H groups in total. The molecule has 0 amide bonds. The lowest BCUT2D eigenvalue weighted by molar-refractivity contribution is 0.468. The van der Waals surface area contributed by atoms with Gasteiger partial charge in [0.05, 0.1) is 0 Å². The van der Waals surface area contributed by atoms with E-state index in [9.17, 15) is 0 Å². The van der Waals surface area contributed by atoms with E-state index in [-0.39, 0.29) is 5.41 Å². The highest BCUT2D eigenvalue weighted by Gasteiger charge is 2.19. The van der Waals surface area contributed by atoms with Crippen LogP contribution < -0.4 is 0 Å². The van der Waals surface area contributed by atoms with Crippen molar-refractivity contribution in [2.75, 3.05) is 0 Å². The number of hydrogen-bond donors (Lipinski definition) is 0. The molecule has 0 aliphatic heterocycles. The van der Waals surface area contributed by atoms with Crippen LogP contribution in [0.4, 0.5) is 0 Å². The quantitative estimate of drug-likeness (QED) is 0.543. The maximum absolute atomic E-state index is 3.33. The zero-order chi connectivity index (χ0) is 8.60. The van der Waals surface area contributed by atoms with Gasteiger partial charge < -0.3 is 0 Å². The summed E-state index contributed by atoms with van der Waals surface area (Å²) in [5.41, 5.74) is 2.97. The molecular weight excluding hydrogens is 144 g/mol. The highest BCUT2D eigenvalue weighted by molar-refractivity contribution is 5.36. The highest BCUT2D eigenvalue weighted by Crippen LogP contribution is 2.29. The third kappa shape index (κ3) is 1.29. The van der Waals surface area contributed by atoms with Crippen molar-refractivity contribution in [1.29, 1.82) is 0 Å². The monoisotopic (exact) mass is 157 g/mol. The summed E-state index contributed by atoms with van der Waals surface area (Å²) >= 11 is 0. The van der Waals surface area contributed by atoms with Crippen LogP contribution in [-0.4, -0.2) is 0 Å². The summed E-state index contributed by atoms with van der Waals surface area (Å²) in [5.74, 6) is 0. The summed E-state index contributed by atoms with van der Waals surface area (Å²) in [6.45, 7) is 4.49. The van der Waals surface area contributed by atoms with Gasteiger partial charge in [-0.2, -0.15) is 0 Å². The molecule has 0 nitrogen and oxygen atoms in total. The molecule has 1 aliphatic rings. The van der Waals surface area contributed by atoms with Gasteiger partial charge in [0.1, 0.15) is 0 Å². The molecule has 61 valence electrons. The predicted molar refractivity (Wildman–Crippen MR) is 50.8 cm³/mol. The number of rotatable bonds is 0. The fourth-order valence-electron chi connectivity index (χ4n) is 1.63. The van der Waals surface area contributed by atoms with Crippen molar-refractivity contribution >= 4 is 0 Å². The lowest BCUT2D eigenvalue weighted by Crippen LogP contribution is -2.15. The van der Waals surface area contributed by atoms with Crippen molar-refractivity contribution in [1.82, 2.24) is 0 Å². The molecule has 1 radical (unpaired) electrons. The van der Waals surface area contributed by atoms with Gasteiger partial charge in [-0.15, -0.1) is 0 Å². The molecule has 0 fully saturated rings. The first-order valence-electron chi connectivity index (χ1n) is 4.36. The molecule has 0 saturated heterocycles. The Morgan fingerprint density at radius 3 is 2.83 bits per heavy atom. The molecule has 0 heteroatoms. The van der Waals surface area contributed by atoms with E-state index < -0.39 is 0 Å². The van der Waals surface area contributed by atoms with Crippen molar-refractivity contribution < 1.29 is 0 Å². The average Bonchev–Trinajstić information content (AvgIpc) is 2.02. The van der Waals surface area contributed by atoms with Crippen molar-refractivity contribution in [2.45, 2.75) is 20.3 Å². The Morgan fingerprint density at radius 1 is 1.25 bits per heavy atom. The van der Waals surface area contributed by atoms with Crippen LogP contribution in [0.2, 0.25) is 0 Å². The summed E-state index contributed by atoms with van der Waals surface area (Å²) in [7, 11) is 0. The van der Waals surface area contributed by atoms with Crippen molar-refractivity contribution in [3.63, 3.8) is 0 Å². The highest BCUT2D eigenvalue weighted by atomic mass is 14.2. The summed E-state index contributed by atoms with van der Waals surface area (Å²) in [6, 6.07) is 8.48. The molecule has 0 unspecified atom stereocenters. The normalized spacial score (nSPS) is 18.8. The van der Waals surface area contributed by atoms with Gasteiger partial charge in [0.2, 0.25) is 0 Å². The standard InChI is InChI=1S/C12H13/c1-12(2)8-7-10-5-3-4-6-11(10)9-12/h3-6,8H,9H2,1-2H3. The second kappa shape index (κ2) is 2.48. The first-order valence-corrected chi connectivity index (χ1v) is 4.36. The summed E-state index contributed by atoms with van der Waals surface area (Å²) in [4.78, 5) is 0. The molecular formula is C12H13. The van der Waals surface area contributed by atoms with Crippen LogP contribution >= 0.6 is 0 Å². The van der Waals surface area contributed by atoms with E-state index in [1.54, 1.807) is 0 Å². The van der Waals surface area contributed by atoms with Gasteiger partial charge in [0.15, 0.2) is 0 Å². The average molecular weight is 157 g/mol. The minimum Gasteiger partial charge on any atom is -0.0700 e. The predicted octanol–water partition coefficient (Wildman–Crippen LogP) is 2.98. The van der Waals surface area contributed by atoms with Crippen LogP contribution in [0.5, 0.6) is 0 Å². The fraction of sp³-hybridized carbons (Fsp3) is 0.333. The van der Waals surface area contributed by atoms with E-state index in [2.05, 4.69) is 50.3 Å². The van der Waals surface area contributed by atoms with Crippen LogP contribution in [0.25, 0.3) is 0 Å². The Morgan fingerprint density at radius 2 is 2.00 bits per heavy atom. The molecule has 0 aromatic heterocycles. The molecule has 0 atom stereocenters. The first kappa shape index (κ1) is 7.60. The number of fused-ring (bicyclic) bond motifs is 1. The second-order valence-electron chi connectivity index (χ2n) is 4.11. The Bertz CT molecular complexity index is 319. The topological polar surface area (TPSA) is 0 Å². The molecule has 0 bridgehead atoms. The van der Waals surface area contributed by atoms with E-state index in [1.807, 2.05) is 0 Å². The van der Waals surface area contributed by atoms with E-state index in [4.69, 9.17) is 0 Å². The zero-order valence-corrected chi connectivity index (χ0v) is 7.59. The first-order chi connectivity index (χ1) is 5.67. The maximum Gasteiger partial charge on any atom is -0.0125 e. The van der Waals surface area contributed by atoms with E-state index in [0.29, 0.717) is 0 Å². The fourth-order valence-corrected chi connectivity index (χ4v) is 1.63. The molecule has 1 aliphatic carbocycles. The maximum atomic E-state index is 3.33. The van der Waals surface area contributed by atoms with E-state index >= 15 is 0 Å². The van der Waals surface area contributed by atoms with Crippen molar-refractivity contribution in [3.8, 4) is 0 Å². The third-order valence-electron chi connectivity index (χ3n) is 2.28. The number of benzene rings is 1. The molecule has 12 heavy (non-hydrogen) atoms. The van der Waals surface area contributed by atoms with Crippen LogP contribution in [0.15, 0.2) is 30.3 Å². The van der Waals surface area contributed by atoms with E-state index in [0.717, 1.165) is 6.42 Å². The van der Waals surface area contributed by atoms with Crippen molar-refractivity contribution in [3.05, 3.63) is 47.5 Å². The molecule has 2 rings (SSSR count). The number of hydrogen-bond acceptors (Lipinski definition) is 0. The van der Waals surface area contributed by atoms with Gasteiger partial charge in [-0.1, -0.05) is 44.2 Å². The van der Waals surface area contributed by atoms with Crippen LogP contribution in [0, 0.1) is 11.5 Å². The molecule has 1 aromatic rings. The lowest BCUT2D eigenvalue weighted by Gasteiger charge is -2.25. The molecule has 1 aromatic carbocycles. The minimum absolute atomic E-state index is 0.286. The Balaban J connectivity index is 2.46. The van der Waals surface area contributed by atoms with Crippen molar-refractivity contribution in [2.24, 2.45) is 5.41 Å². The van der Waals surface area contributed by atoms with E-state index in [1.165, 1.54) is 11.1 Å². The molecule has 0 spiro atoms. The summed E-state index contributed by atoms with van der Waals surface area (Å²) in [5, 5.41) is 0. The van der Waals surface area contributed by atoms with Crippen LogP contribution in [0.3, 0.4) is 0 Å². The Labute approximate surface area is 73.9 Å². The van der Waals surface area contributed by atoms with Gasteiger partial charge in [0, 0.05) is 0 Å². The second-order valence-corrected chi connectivity index (χ2v) is 4.11. The Hall–Kier alpha value is -1.04. The molecule has 0 heterocycles. The SMILES string of the molecule is CC1(C)C=[C]c2ccccc2C1. The van der Waals surface area contributed by atoms with Gasteiger partial charge >= 0.3 is 0 Å². The summed E-state index contributed by atoms with van der Waals surface area (Å²) in [6.07, 6.45) is 6.64. The van der Waals surface area contributed by atoms with Gasteiger partial charge in [-0.25, -0.2) is 0 Å². The largest absolute Gasteiger partial charge is 0.0700 e. The van der Waals surface area contributed by atoms with Gasteiger partial charge in [0.25, 0.3) is 0 Å². The minimum atomic E-state index is 0.286. The smallest absolute Gasteiger partial charge is 0.0125 e. The van der Waals surface area contributed by atoms with Crippen LogP contribution in [0.1, 0.15) is 25.0 Å². The van der Waals surface area contributed by atoms with Gasteiger partial charge in [-0.05, 0) is 29.0 Å². The van der Waals surface area contributed by atoms with Crippen LogP contribution in [-0.2, 0) is 6.42 Å².